The topological polar surface area (TPSA) is 52.6 Å². The molecule has 1 aliphatic rings. The van der Waals surface area contributed by atoms with Gasteiger partial charge in [-0.1, -0.05) is 36.4 Å². The largest absolute Gasteiger partial charge is 0.357 e. The molecule has 2 aromatic rings. The monoisotopic (exact) mass is 521 g/mol. The molecule has 1 fully saturated rings. The van der Waals surface area contributed by atoms with Crippen LogP contribution in [-0.2, 0) is 6.42 Å². The van der Waals surface area contributed by atoms with E-state index in [0.29, 0.717) is 12.1 Å². The van der Waals surface area contributed by atoms with Gasteiger partial charge in [0.15, 0.2) is 5.96 Å². The van der Waals surface area contributed by atoms with E-state index in [1.54, 1.807) is 0 Å². The molecule has 1 atom stereocenters. The summed E-state index contributed by atoms with van der Waals surface area (Å²) in [4.78, 5) is 11.7. The highest BCUT2D eigenvalue weighted by Crippen LogP contribution is 2.23. The molecular weight excluding hydrogens is 485 g/mol. The van der Waals surface area contributed by atoms with Crippen molar-refractivity contribution >= 4 is 29.9 Å². The number of aryl methyl sites for hydroxylation is 1. The lowest BCUT2D eigenvalue weighted by atomic mass is 10.0. The van der Waals surface area contributed by atoms with Gasteiger partial charge in [0, 0.05) is 50.2 Å². The first-order valence-corrected chi connectivity index (χ1v) is 10.9. The predicted octanol–water partition coefficient (Wildman–Crippen LogP) is 4.33. The number of likely N-dealkylation sites (tertiary alicyclic amines) is 1. The van der Waals surface area contributed by atoms with Gasteiger partial charge in [-0.2, -0.15) is 0 Å². The van der Waals surface area contributed by atoms with E-state index < -0.39 is 0 Å². The van der Waals surface area contributed by atoms with Gasteiger partial charge >= 0.3 is 0 Å². The Morgan fingerprint density at radius 3 is 2.53 bits per heavy atom. The number of halogens is 1. The second kappa shape index (κ2) is 12.9. The van der Waals surface area contributed by atoms with Crippen molar-refractivity contribution in [3.05, 3.63) is 65.5 Å². The zero-order valence-electron chi connectivity index (χ0n) is 18.5. The van der Waals surface area contributed by atoms with Crippen molar-refractivity contribution < 1.29 is 0 Å². The van der Waals surface area contributed by atoms with Crippen molar-refractivity contribution in [2.24, 2.45) is 4.99 Å². The van der Waals surface area contributed by atoms with Gasteiger partial charge < -0.3 is 10.6 Å². The molecule has 5 nitrogen and oxygen atoms in total. The number of piperidine rings is 1. The quantitative estimate of drug-likeness (QED) is 0.324. The number of hydrogen-bond acceptors (Lipinski definition) is 3. The maximum atomic E-state index is 4.78. The van der Waals surface area contributed by atoms with Crippen LogP contribution in [0.15, 0.2) is 53.7 Å². The van der Waals surface area contributed by atoms with Gasteiger partial charge in [0.05, 0.1) is 0 Å². The van der Waals surface area contributed by atoms with E-state index in [1.165, 1.54) is 11.1 Å². The molecule has 1 aromatic carbocycles. The van der Waals surface area contributed by atoms with E-state index in [1.807, 2.05) is 13.1 Å². The zero-order valence-corrected chi connectivity index (χ0v) is 20.8. The second-order valence-corrected chi connectivity index (χ2v) is 7.86. The Balaban J connectivity index is 0.00000320. The number of benzene rings is 1. The summed E-state index contributed by atoms with van der Waals surface area (Å²) in [5.41, 5.74) is 3.69. The molecule has 0 saturated carbocycles. The van der Waals surface area contributed by atoms with Crippen LogP contribution in [0.2, 0.25) is 0 Å². The average Bonchev–Trinajstić information content (AvgIpc) is 2.76. The van der Waals surface area contributed by atoms with Crippen molar-refractivity contribution in [3.8, 4) is 0 Å². The van der Waals surface area contributed by atoms with E-state index in [0.717, 1.165) is 57.1 Å². The third-order valence-electron chi connectivity index (χ3n) is 5.69. The summed E-state index contributed by atoms with van der Waals surface area (Å²) in [5.74, 6) is 0.933. The van der Waals surface area contributed by atoms with Gasteiger partial charge in [-0.05, 0) is 57.2 Å². The van der Waals surface area contributed by atoms with Crippen LogP contribution in [0.5, 0.6) is 0 Å². The standard InChI is InChI=1S/C24H35N5.HI/c1-4-25-24(26-15-12-21-11-10-19(2)27-18-21)28-23-13-16-29(17-14-23)20(3)22-8-6-5-7-9-22;/h5-11,18,20,23H,4,12-17H2,1-3H3,(H2,25,26,28);1H. The van der Waals surface area contributed by atoms with Crippen molar-refractivity contribution in [2.45, 2.75) is 52.1 Å². The summed E-state index contributed by atoms with van der Waals surface area (Å²) in [6, 6.07) is 16.0. The minimum atomic E-state index is 0. The molecule has 1 unspecified atom stereocenters. The maximum Gasteiger partial charge on any atom is 0.191 e. The third-order valence-corrected chi connectivity index (χ3v) is 5.69. The molecule has 6 heteroatoms. The van der Waals surface area contributed by atoms with Crippen molar-refractivity contribution in [3.63, 3.8) is 0 Å². The maximum absolute atomic E-state index is 4.78. The van der Waals surface area contributed by atoms with E-state index in [4.69, 9.17) is 4.99 Å². The van der Waals surface area contributed by atoms with Gasteiger partial charge in [-0.15, -0.1) is 24.0 Å². The Labute approximate surface area is 198 Å². The van der Waals surface area contributed by atoms with Gasteiger partial charge in [0.25, 0.3) is 0 Å². The lowest BCUT2D eigenvalue weighted by Crippen LogP contribution is -2.49. The number of guanidine groups is 1. The molecule has 0 bridgehead atoms. The van der Waals surface area contributed by atoms with E-state index in [2.05, 4.69) is 76.8 Å². The molecular formula is C24H36IN5. The SMILES string of the molecule is CCNC(=NCCc1ccc(C)nc1)NC1CCN(C(C)c2ccccc2)CC1.I. The number of rotatable bonds is 7. The number of aromatic nitrogens is 1. The summed E-state index contributed by atoms with van der Waals surface area (Å²) >= 11 is 0. The van der Waals surface area contributed by atoms with E-state index >= 15 is 0 Å². The van der Waals surface area contributed by atoms with E-state index in [-0.39, 0.29) is 24.0 Å². The summed E-state index contributed by atoms with van der Waals surface area (Å²) in [5, 5.41) is 7.04. The first-order chi connectivity index (χ1) is 14.2. The Morgan fingerprint density at radius 1 is 1.17 bits per heavy atom. The van der Waals surface area contributed by atoms with Gasteiger partial charge in [-0.25, -0.2) is 0 Å². The molecule has 30 heavy (non-hydrogen) atoms. The average molecular weight is 521 g/mol. The third kappa shape index (κ3) is 7.54. The van der Waals surface area contributed by atoms with Gasteiger partial charge in [-0.3, -0.25) is 14.9 Å². The summed E-state index contributed by atoms with van der Waals surface area (Å²) in [6.07, 6.45) is 5.15. The molecule has 0 radical (unpaired) electrons. The van der Waals surface area contributed by atoms with Crippen molar-refractivity contribution in [2.75, 3.05) is 26.2 Å². The number of pyridine rings is 1. The molecule has 164 valence electrons. The molecule has 1 aromatic heterocycles. The molecule has 1 aliphatic heterocycles. The van der Waals surface area contributed by atoms with Gasteiger partial charge in [0.2, 0.25) is 0 Å². The van der Waals surface area contributed by atoms with Crippen LogP contribution in [0.3, 0.4) is 0 Å². The Hall–Kier alpha value is -1.67. The Bertz CT molecular complexity index is 755. The predicted molar refractivity (Wildman–Crippen MR) is 137 cm³/mol. The number of hydrogen-bond donors (Lipinski definition) is 2. The van der Waals surface area contributed by atoms with Crippen LogP contribution >= 0.6 is 24.0 Å². The van der Waals surface area contributed by atoms with Crippen LogP contribution in [0.4, 0.5) is 0 Å². The lowest BCUT2D eigenvalue weighted by molar-refractivity contribution is 0.158. The Kier molecular flexibility index (Phi) is 10.6. The smallest absolute Gasteiger partial charge is 0.191 e. The molecule has 0 spiro atoms. The molecule has 2 N–H and O–H groups in total. The lowest BCUT2D eigenvalue weighted by Gasteiger charge is -2.37. The fourth-order valence-corrected chi connectivity index (χ4v) is 3.83. The van der Waals surface area contributed by atoms with Crippen LogP contribution in [0.1, 0.15) is 49.6 Å². The Morgan fingerprint density at radius 2 is 1.90 bits per heavy atom. The highest BCUT2D eigenvalue weighted by molar-refractivity contribution is 14.0. The molecule has 1 saturated heterocycles. The normalized spacial score (nSPS) is 16.6. The van der Waals surface area contributed by atoms with Gasteiger partial charge in [0.1, 0.15) is 0 Å². The molecule has 0 amide bonds. The van der Waals surface area contributed by atoms with E-state index in [9.17, 15) is 0 Å². The van der Waals surface area contributed by atoms with Crippen molar-refractivity contribution in [1.82, 2.24) is 20.5 Å². The highest BCUT2D eigenvalue weighted by atomic mass is 127. The molecule has 3 rings (SSSR count). The molecule has 0 aliphatic carbocycles. The minimum Gasteiger partial charge on any atom is -0.357 e. The first kappa shape index (κ1) is 24.6. The fourth-order valence-electron chi connectivity index (χ4n) is 3.83. The number of aliphatic imine (C=N–C) groups is 1. The first-order valence-electron chi connectivity index (χ1n) is 10.9. The second-order valence-electron chi connectivity index (χ2n) is 7.86. The van der Waals surface area contributed by atoms with Crippen molar-refractivity contribution in [1.29, 1.82) is 0 Å². The van der Waals surface area contributed by atoms with Crippen LogP contribution in [0.25, 0.3) is 0 Å². The highest BCUT2D eigenvalue weighted by Gasteiger charge is 2.23. The summed E-state index contributed by atoms with van der Waals surface area (Å²) in [7, 11) is 0. The van der Waals surface area contributed by atoms with Crippen LogP contribution in [0, 0.1) is 6.92 Å². The number of nitrogens with one attached hydrogen (secondary N) is 2. The van der Waals surface area contributed by atoms with Crippen LogP contribution in [-0.4, -0.2) is 48.1 Å². The summed E-state index contributed by atoms with van der Waals surface area (Å²) < 4.78 is 0. The fraction of sp³-hybridized carbons (Fsp3) is 0.500. The molecule has 2 heterocycles. The summed E-state index contributed by atoms with van der Waals surface area (Å²) in [6.45, 7) is 10.3. The minimum absolute atomic E-state index is 0. The number of nitrogens with zero attached hydrogens (tertiary/aromatic N) is 3. The zero-order chi connectivity index (χ0) is 20.5. The van der Waals surface area contributed by atoms with Crippen LogP contribution < -0.4 is 10.6 Å².